The molecule has 0 amide bonds. The van der Waals surface area contributed by atoms with Gasteiger partial charge in [0.2, 0.25) is 0 Å². The van der Waals surface area contributed by atoms with Crippen molar-refractivity contribution in [2.45, 2.75) is 39.2 Å². The number of anilines is 1. The maximum absolute atomic E-state index is 10.1. The van der Waals surface area contributed by atoms with Crippen LogP contribution in [-0.2, 0) is 0 Å². The molecule has 1 aromatic carbocycles. The standard InChI is InChI=1S/C13H20BrNO/c1-3-4-9(2)7-13(16)11-8-10(14)5-6-12(11)15/h5-6,8-9,13,16H,3-4,7,15H2,1-2H3. The van der Waals surface area contributed by atoms with Gasteiger partial charge in [0.15, 0.2) is 0 Å². The Morgan fingerprint density at radius 1 is 1.44 bits per heavy atom. The summed E-state index contributed by atoms with van der Waals surface area (Å²) in [4.78, 5) is 0. The van der Waals surface area contributed by atoms with Gasteiger partial charge in [-0.15, -0.1) is 0 Å². The number of hydrogen-bond acceptors (Lipinski definition) is 2. The zero-order valence-electron chi connectivity index (χ0n) is 9.91. The average Bonchev–Trinajstić information content (AvgIpc) is 2.21. The SMILES string of the molecule is CCCC(C)CC(O)c1cc(Br)ccc1N. The van der Waals surface area contributed by atoms with E-state index in [4.69, 9.17) is 5.73 Å². The van der Waals surface area contributed by atoms with Crippen molar-refractivity contribution in [3.8, 4) is 0 Å². The number of aliphatic hydroxyl groups is 1. The predicted molar refractivity (Wildman–Crippen MR) is 72.2 cm³/mol. The van der Waals surface area contributed by atoms with Crippen molar-refractivity contribution in [2.24, 2.45) is 5.92 Å². The largest absolute Gasteiger partial charge is 0.398 e. The highest BCUT2D eigenvalue weighted by atomic mass is 79.9. The number of rotatable bonds is 5. The number of halogens is 1. The topological polar surface area (TPSA) is 46.2 Å². The van der Waals surface area contributed by atoms with E-state index in [1.165, 1.54) is 0 Å². The van der Waals surface area contributed by atoms with E-state index in [9.17, 15) is 5.11 Å². The molecule has 0 bridgehead atoms. The van der Waals surface area contributed by atoms with E-state index < -0.39 is 6.10 Å². The summed E-state index contributed by atoms with van der Waals surface area (Å²) in [5.74, 6) is 0.526. The average molecular weight is 286 g/mol. The summed E-state index contributed by atoms with van der Waals surface area (Å²) in [5, 5.41) is 10.1. The molecular weight excluding hydrogens is 266 g/mol. The molecule has 0 aliphatic carbocycles. The molecule has 0 heterocycles. The summed E-state index contributed by atoms with van der Waals surface area (Å²) in [5.41, 5.74) is 7.36. The van der Waals surface area contributed by atoms with Gasteiger partial charge in [0.1, 0.15) is 0 Å². The van der Waals surface area contributed by atoms with E-state index in [2.05, 4.69) is 29.8 Å². The van der Waals surface area contributed by atoms with Gasteiger partial charge in [0.25, 0.3) is 0 Å². The van der Waals surface area contributed by atoms with Crippen molar-refractivity contribution >= 4 is 21.6 Å². The smallest absolute Gasteiger partial charge is 0.0812 e. The molecule has 1 rings (SSSR count). The van der Waals surface area contributed by atoms with Gasteiger partial charge >= 0.3 is 0 Å². The Balaban J connectivity index is 2.72. The third-order valence-electron chi connectivity index (χ3n) is 2.81. The molecule has 90 valence electrons. The van der Waals surface area contributed by atoms with Crippen LogP contribution in [0, 0.1) is 5.92 Å². The molecule has 2 nitrogen and oxygen atoms in total. The van der Waals surface area contributed by atoms with Gasteiger partial charge in [0.05, 0.1) is 6.10 Å². The van der Waals surface area contributed by atoms with Gasteiger partial charge < -0.3 is 10.8 Å². The molecule has 0 aliphatic rings. The van der Waals surface area contributed by atoms with Gasteiger partial charge in [-0.3, -0.25) is 0 Å². The van der Waals surface area contributed by atoms with E-state index in [0.717, 1.165) is 29.3 Å². The lowest BCUT2D eigenvalue weighted by atomic mass is 9.94. The fourth-order valence-corrected chi connectivity index (χ4v) is 2.33. The van der Waals surface area contributed by atoms with Gasteiger partial charge in [-0.25, -0.2) is 0 Å². The van der Waals surface area contributed by atoms with Crippen LogP contribution in [-0.4, -0.2) is 5.11 Å². The van der Waals surface area contributed by atoms with Crippen LogP contribution < -0.4 is 5.73 Å². The number of benzene rings is 1. The van der Waals surface area contributed by atoms with Crippen molar-refractivity contribution in [3.05, 3.63) is 28.2 Å². The van der Waals surface area contributed by atoms with Crippen LogP contribution in [0.2, 0.25) is 0 Å². The molecular formula is C13H20BrNO. The monoisotopic (exact) mass is 285 g/mol. The minimum absolute atomic E-state index is 0.459. The van der Waals surface area contributed by atoms with Gasteiger partial charge in [-0.2, -0.15) is 0 Å². The lowest BCUT2D eigenvalue weighted by Gasteiger charge is -2.18. The first-order valence-corrected chi connectivity index (χ1v) is 6.56. The summed E-state index contributed by atoms with van der Waals surface area (Å²) < 4.78 is 0.957. The van der Waals surface area contributed by atoms with Crippen LogP contribution in [0.15, 0.2) is 22.7 Å². The Hall–Kier alpha value is -0.540. The molecule has 3 heteroatoms. The van der Waals surface area contributed by atoms with Crippen LogP contribution in [0.5, 0.6) is 0 Å². The van der Waals surface area contributed by atoms with E-state index in [1.807, 2.05) is 18.2 Å². The number of aliphatic hydroxyl groups excluding tert-OH is 1. The van der Waals surface area contributed by atoms with Crippen LogP contribution in [0.3, 0.4) is 0 Å². The van der Waals surface area contributed by atoms with Crippen molar-refractivity contribution in [1.82, 2.24) is 0 Å². The van der Waals surface area contributed by atoms with Crippen LogP contribution in [0.25, 0.3) is 0 Å². The summed E-state index contributed by atoms with van der Waals surface area (Å²) in [7, 11) is 0. The quantitative estimate of drug-likeness (QED) is 0.807. The molecule has 0 aromatic heterocycles. The van der Waals surface area contributed by atoms with E-state index in [1.54, 1.807) is 0 Å². The van der Waals surface area contributed by atoms with E-state index in [0.29, 0.717) is 11.6 Å². The number of hydrogen-bond donors (Lipinski definition) is 2. The highest BCUT2D eigenvalue weighted by Crippen LogP contribution is 2.29. The molecule has 0 saturated heterocycles. The first kappa shape index (κ1) is 13.5. The first-order valence-electron chi connectivity index (χ1n) is 5.77. The fourth-order valence-electron chi connectivity index (χ4n) is 1.95. The molecule has 0 saturated carbocycles. The first-order chi connectivity index (χ1) is 7.54. The predicted octanol–water partition coefficient (Wildman–Crippen LogP) is 3.89. The van der Waals surface area contributed by atoms with Gasteiger partial charge in [-0.05, 0) is 30.5 Å². The second-order valence-electron chi connectivity index (χ2n) is 4.42. The molecule has 0 aliphatic heterocycles. The van der Waals surface area contributed by atoms with E-state index >= 15 is 0 Å². The summed E-state index contributed by atoms with van der Waals surface area (Å²) >= 11 is 3.39. The lowest BCUT2D eigenvalue weighted by Crippen LogP contribution is -2.07. The summed E-state index contributed by atoms with van der Waals surface area (Å²) in [6.07, 6.45) is 2.61. The van der Waals surface area contributed by atoms with Crippen molar-refractivity contribution < 1.29 is 5.11 Å². The minimum atomic E-state index is -0.459. The zero-order valence-corrected chi connectivity index (χ0v) is 11.5. The normalized spacial score (nSPS) is 14.8. The molecule has 2 unspecified atom stereocenters. The molecule has 1 aromatic rings. The van der Waals surface area contributed by atoms with Gasteiger partial charge in [0, 0.05) is 15.7 Å². The Kier molecular flexibility index (Phi) is 5.29. The van der Waals surface area contributed by atoms with Crippen molar-refractivity contribution in [2.75, 3.05) is 5.73 Å². The lowest BCUT2D eigenvalue weighted by molar-refractivity contribution is 0.146. The van der Waals surface area contributed by atoms with Crippen molar-refractivity contribution in [3.63, 3.8) is 0 Å². The molecule has 0 radical (unpaired) electrons. The second kappa shape index (κ2) is 6.26. The maximum Gasteiger partial charge on any atom is 0.0812 e. The van der Waals surface area contributed by atoms with Crippen LogP contribution in [0.4, 0.5) is 5.69 Å². The minimum Gasteiger partial charge on any atom is -0.398 e. The second-order valence-corrected chi connectivity index (χ2v) is 5.33. The van der Waals surface area contributed by atoms with Crippen LogP contribution >= 0.6 is 15.9 Å². The maximum atomic E-state index is 10.1. The number of nitrogens with two attached hydrogens (primary N) is 1. The van der Waals surface area contributed by atoms with E-state index in [-0.39, 0.29) is 0 Å². The molecule has 3 N–H and O–H groups in total. The van der Waals surface area contributed by atoms with Crippen LogP contribution in [0.1, 0.15) is 44.8 Å². The third kappa shape index (κ3) is 3.80. The molecule has 2 atom stereocenters. The third-order valence-corrected chi connectivity index (χ3v) is 3.31. The fraction of sp³-hybridized carbons (Fsp3) is 0.538. The highest BCUT2D eigenvalue weighted by Gasteiger charge is 2.14. The van der Waals surface area contributed by atoms with Crippen molar-refractivity contribution in [1.29, 1.82) is 0 Å². The Labute approximate surface area is 106 Å². The Bertz CT molecular complexity index is 341. The Morgan fingerprint density at radius 2 is 2.12 bits per heavy atom. The summed E-state index contributed by atoms with van der Waals surface area (Å²) in [6, 6.07) is 5.62. The molecule has 0 spiro atoms. The Morgan fingerprint density at radius 3 is 2.75 bits per heavy atom. The molecule has 0 fully saturated rings. The number of nitrogen functional groups attached to an aromatic ring is 1. The highest BCUT2D eigenvalue weighted by molar-refractivity contribution is 9.10. The zero-order chi connectivity index (χ0) is 12.1. The summed E-state index contributed by atoms with van der Waals surface area (Å²) in [6.45, 7) is 4.33. The molecule has 16 heavy (non-hydrogen) atoms. The van der Waals surface area contributed by atoms with Gasteiger partial charge in [-0.1, -0.05) is 42.6 Å².